The zero-order chi connectivity index (χ0) is 43.2. The lowest BCUT2D eigenvalue weighted by Gasteiger charge is -2.10. The van der Waals surface area contributed by atoms with Crippen LogP contribution in [-0.2, 0) is 33.6 Å². The van der Waals surface area contributed by atoms with Crippen molar-refractivity contribution in [3.63, 3.8) is 0 Å². The molecule has 0 aliphatic rings. The molecular weight excluding hydrogens is 750 g/mol. The maximum atomic E-state index is 12.3. The SMILES string of the molecule is C=C(CO)CC(=O)NCCNCCNC(=O)CCCCCNC(=O)C(=C)CC(=O)NCCCCCC(=O)NCCNCCNC(=O)C(=C)CC(=O)NCCNCCN. The van der Waals surface area contributed by atoms with Crippen molar-refractivity contribution < 1.29 is 38.7 Å². The van der Waals surface area contributed by atoms with Crippen LogP contribution in [0.25, 0.3) is 0 Å². The topological polar surface area (TPSA) is 286 Å². The third-order valence-corrected chi connectivity index (χ3v) is 8.20. The van der Waals surface area contributed by atoms with Gasteiger partial charge in [-0.25, -0.2) is 0 Å². The first-order valence-corrected chi connectivity index (χ1v) is 20.2. The summed E-state index contributed by atoms with van der Waals surface area (Å²) in [7, 11) is 0. The van der Waals surface area contributed by atoms with E-state index in [2.05, 4.69) is 72.9 Å². The van der Waals surface area contributed by atoms with Crippen molar-refractivity contribution in [1.82, 2.24) is 53.2 Å². The number of rotatable bonds is 38. The van der Waals surface area contributed by atoms with Crippen molar-refractivity contribution in [2.75, 3.05) is 98.2 Å². The van der Waals surface area contributed by atoms with Crippen LogP contribution in [0, 0.1) is 0 Å². The minimum atomic E-state index is -0.385. The summed E-state index contributed by atoms with van der Waals surface area (Å²) in [4.78, 5) is 84.2. The molecule has 0 rings (SSSR count). The van der Waals surface area contributed by atoms with E-state index in [4.69, 9.17) is 10.8 Å². The Hall–Kier alpha value is -4.69. The molecule has 0 spiro atoms. The second kappa shape index (κ2) is 36.6. The fourth-order valence-corrected chi connectivity index (χ4v) is 4.95. The summed E-state index contributed by atoms with van der Waals surface area (Å²) in [6.45, 7) is 17.6. The first kappa shape index (κ1) is 53.3. The summed E-state index contributed by atoms with van der Waals surface area (Å²) < 4.78 is 0. The standard InChI is InChI=1S/C39H71N11O8/c1-30(29-51)26-35(54)47-24-19-42-17-21-45-34(53)11-7-5-9-14-49-38(57)31(2)27-36(55)44-13-8-4-6-10-33(52)46-22-18-43-20-25-50-39(58)32(3)28-37(56)48-23-16-41-15-12-40/h41-43,51H,1-29,40H2,(H,44,55)(H,45,53)(H,46,52)(H,47,54)(H,48,56)(H,49,57)(H,50,58). The largest absolute Gasteiger partial charge is 0.392 e. The highest BCUT2D eigenvalue weighted by Gasteiger charge is 2.13. The van der Waals surface area contributed by atoms with Crippen LogP contribution in [-0.4, -0.2) is 145 Å². The van der Waals surface area contributed by atoms with E-state index in [-0.39, 0.29) is 78.4 Å². The normalized spacial score (nSPS) is 10.5. The molecule has 7 amide bonds. The van der Waals surface area contributed by atoms with Gasteiger partial charge in [0.2, 0.25) is 41.4 Å². The van der Waals surface area contributed by atoms with E-state index < -0.39 is 0 Å². The van der Waals surface area contributed by atoms with Crippen LogP contribution in [0.2, 0.25) is 0 Å². The maximum absolute atomic E-state index is 12.3. The molecule has 0 aliphatic carbocycles. The molecule has 0 saturated carbocycles. The summed E-state index contributed by atoms with van der Waals surface area (Å²) in [5.41, 5.74) is 6.19. The van der Waals surface area contributed by atoms with Gasteiger partial charge < -0.3 is 64.0 Å². The lowest BCUT2D eigenvalue weighted by molar-refractivity contribution is -0.123. The summed E-state index contributed by atoms with van der Waals surface area (Å²) in [5, 5.41) is 37.5. The Kier molecular flexibility index (Phi) is 33.7. The van der Waals surface area contributed by atoms with Gasteiger partial charge >= 0.3 is 0 Å². The quantitative estimate of drug-likeness (QED) is 0.0175. The van der Waals surface area contributed by atoms with Gasteiger partial charge in [-0.05, 0) is 31.3 Å². The van der Waals surface area contributed by atoms with Gasteiger partial charge in [0.05, 0.1) is 19.4 Å². The minimum Gasteiger partial charge on any atom is -0.392 e. The van der Waals surface area contributed by atoms with Crippen LogP contribution in [0.1, 0.15) is 70.6 Å². The number of aliphatic hydroxyl groups is 1. The van der Waals surface area contributed by atoms with Crippen LogP contribution in [0.4, 0.5) is 0 Å². The highest BCUT2D eigenvalue weighted by atomic mass is 16.3. The van der Waals surface area contributed by atoms with Crippen LogP contribution < -0.4 is 58.9 Å². The van der Waals surface area contributed by atoms with E-state index in [1.54, 1.807) is 0 Å². The van der Waals surface area contributed by atoms with Crippen molar-refractivity contribution in [1.29, 1.82) is 0 Å². The van der Waals surface area contributed by atoms with Gasteiger partial charge in [-0.1, -0.05) is 32.6 Å². The number of carbonyl (C=O) groups is 7. The Bertz CT molecular complexity index is 1300. The highest BCUT2D eigenvalue weighted by Crippen LogP contribution is 2.03. The molecule has 0 aromatic rings. The minimum absolute atomic E-state index is 0.0578. The molecule has 19 heteroatoms. The third kappa shape index (κ3) is 33.4. The molecule has 19 nitrogen and oxygen atoms in total. The van der Waals surface area contributed by atoms with Gasteiger partial charge in [0, 0.05) is 122 Å². The van der Waals surface area contributed by atoms with Crippen LogP contribution in [0.3, 0.4) is 0 Å². The van der Waals surface area contributed by atoms with Gasteiger partial charge in [0.25, 0.3) is 0 Å². The van der Waals surface area contributed by atoms with Crippen LogP contribution >= 0.6 is 0 Å². The van der Waals surface area contributed by atoms with E-state index in [9.17, 15) is 33.6 Å². The van der Waals surface area contributed by atoms with E-state index in [0.29, 0.717) is 136 Å². The lowest BCUT2D eigenvalue weighted by Crippen LogP contribution is -2.37. The molecule has 0 saturated heterocycles. The van der Waals surface area contributed by atoms with E-state index in [1.807, 2.05) is 0 Å². The molecule has 0 unspecified atom stereocenters. The van der Waals surface area contributed by atoms with Crippen LogP contribution in [0.5, 0.6) is 0 Å². The predicted octanol–water partition coefficient (Wildman–Crippen LogP) is -2.52. The number of hydrogen-bond donors (Lipinski definition) is 12. The molecule has 0 radical (unpaired) electrons. The fraction of sp³-hybridized carbons (Fsp3) is 0.667. The summed E-state index contributed by atoms with van der Waals surface area (Å²) in [6, 6.07) is 0. The van der Waals surface area contributed by atoms with Gasteiger partial charge in [-0.15, -0.1) is 0 Å². The number of aliphatic hydroxyl groups excluding tert-OH is 1. The van der Waals surface area contributed by atoms with Crippen LogP contribution in [0.15, 0.2) is 36.5 Å². The van der Waals surface area contributed by atoms with E-state index >= 15 is 0 Å². The van der Waals surface area contributed by atoms with Gasteiger partial charge in [0.15, 0.2) is 0 Å². The molecule has 0 bridgehead atoms. The first-order valence-electron chi connectivity index (χ1n) is 20.2. The summed E-state index contributed by atoms with van der Waals surface area (Å²) in [6.07, 6.45) is 4.86. The molecule has 13 N–H and O–H groups in total. The summed E-state index contributed by atoms with van der Waals surface area (Å²) in [5.74, 6) is -1.67. The Morgan fingerprint density at radius 3 is 1.17 bits per heavy atom. The average molecular weight is 822 g/mol. The van der Waals surface area contributed by atoms with E-state index in [0.717, 1.165) is 12.8 Å². The Morgan fingerprint density at radius 1 is 0.397 bits per heavy atom. The number of hydrogen-bond acceptors (Lipinski definition) is 12. The molecule has 0 aromatic heterocycles. The number of nitrogens with two attached hydrogens (primary N) is 1. The first-order chi connectivity index (χ1) is 27.9. The number of nitrogens with one attached hydrogen (secondary N) is 10. The highest BCUT2D eigenvalue weighted by molar-refractivity contribution is 5.98. The number of carbonyl (C=O) groups excluding carboxylic acids is 7. The molecule has 0 fully saturated rings. The Morgan fingerprint density at radius 2 is 0.741 bits per heavy atom. The monoisotopic (exact) mass is 822 g/mol. The number of unbranched alkanes of at least 4 members (excludes halogenated alkanes) is 4. The fourth-order valence-electron chi connectivity index (χ4n) is 4.95. The van der Waals surface area contributed by atoms with Crippen molar-refractivity contribution in [3.05, 3.63) is 36.5 Å². The smallest absolute Gasteiger partial charge is 0.247 e. The molecule has 58 heavy (non-hydrogen) atoms. The van der Waals surface area contributed by atoms with Gasteiger partial charge in [-0.3, -0.25) is 33.6 Å². The Labute approximate surface area is 343 Å². The van der Waals surface area contributed by atoms with Crippen molar-refractivity contribution in [2.45, 2.75) is 70.6 Å². The lowest BCUT2D eigenvalue weighted by atomic mass is 10.1. The van der Waals surface area contributed by atoms with Gasteiger partial charge in [-0.2, -0.15) is 0 Å². The molecule has 0 atom stereocenters. The average Bonchev–Trinajstić information content (AvgIpc) is 3.19. The molecular formula is C39H71N11O8. The second-order valence-corrected chi connectivity index (χ2v) is 13.6. The second-order valence-electron chi connectivity index (χ2n) is 13.6. The molecule has 0 aliphatic heterocycles. The summed E-state index contributed by atoms with van der Waals surface area (Å²) >= 11 is 0. The maximum Gasteiger partial charge on any atom is 0.247 e. The number of amides is 7. The van der Waals surface area contributed by atoms with Gasteiger partial charge in [0.1, 0.15) is 0 Å². The zero-order valence-electron chi connectivity index (χ0n) is 34.4. The predicted molar refractivity (Wildman–Crippen MR) is 224 cm³/mol. The van der Waals surface area contributed by atoms with Crippen molar-refractivity contribution in [2.24, 2.45) is 5.73 Å². The van der Waals surface area contributed by atoms with E-state index in [1.165, 1.54) is 0 Å². The Balaban J connectivity index is 3.70. The molecule has 330 valence electrons. The zero-order valence-corrected chi connectivity index (χ0v) is 34.4. The van der Waals surface area contributed by atoms with Crippen molar-refractivity contribution in [3.8, 4) is 0 Å². The third-order valence-electron chi connectivity index (χ3n) is 8.20. The molecule has 0 heterocycles. The molecule has 0 aromatic carbocycles. The van der Waals surface area contributed by atoms with Crippen molar-refractivity contribution >= 4 is 41.4 Å².